The van der Waals surface area contributed by atoms with Crippen molar-refractivity contribution in [1.82, 2.24) is 9.80 Å². The second-order valence-electron chi connectivity index (χ2n) is 5.70. The third-order valence-corrected chi connectivity index (χ3v) is 3.98. The molecule has 0 aliphatic carbocycles. The summed E-state index contributed by atoms with van der Waals surface area (Å²) in [4.78, 5) is 5.13. The summed E-state index contributed by atoms with van der Waals surface area (Å²) in [5.74, 6) is 0. The molecule has 4 nitrogen and oxygen atoms in total. The van der Waals surface area contributed by atoms with Crippen molar-refractivity contribution >= 4 is 0 Å². The van der Waals surface area contributed by atoms with E-state index in [4.69, 9.17) is 9.47 Å². The molecule has 1 saturated heterocycles. The van der Waals surface area contributed by atoms with E-state index in [1.54, 1.807) is 7.11 Å². The van der Waals surface area contributed by atoms with Gasteiger partial charge in [-0.15, -0.1) is 0 Å². The van der Waals surface area contributed by atoms with Gasteiger partial charge in [0.2, 0.25) is 0 Å². The maximum Gasteiger partial charge on any atom is 0.0593 e. The fourth-order valence-electron chi connectivity index (χ4n) is 2.54. The Balaban J connectivity index is 0. The monoisotopic (exact) mass is 346 g/mol. The van der Waals surface area contributed by atoms with Crippen LogP contribution in [0.15, 0.2) is 0 Å². The molecule has 0 unspecified atom stereocenters. The van der Waals surface area contributed by atoms with Crippen LogP contribution in [0.1, 0.15) is 66.7 Å². The largest absolute Gasteiger partial charge is 0.385 e. The van der Waals surface area contributed by atoms with Gasteiger partial charge in [0, 0.05) is 53.0 Å². The van der Waals surface area contributed by atoms with Crippen molar-refractivity contribution in [3.8, 4) is 0 Å². The molecule has 0 radical (unpaired) electrons. The van der Waals surface area contributed by atoms with Crippen molar-refractivity contribution in [2.24, 2.45) is 0 Å². The van der Waals surface area contributed by atoms with E-state index < -0.39 is 0 Å². The van der Waals surface area contributed by atoms with Crippen LogP contribution in [0, 0.1) is 0 Å². The Morgan fingerprint density at radius 1 is 0.667 bits per heavy atom. The average molecular weight is 347 g/mol. The Bertz CT molecular complexity index is 208. The van der Waals surface area contributed by atoms with Gasteiger partial charge in [-0.05, 0) is 32.2 Å². The lowest BCUT2D eigenvalue weighted by Gasteiger charge is -2.34. The van der Waals surface area contributed by atoms with Gasteiger partial charge >= 0.3 is 0 Å². The van der Waals surface area contributed by atoms with Gasteiger partial charge < -0.3 is 14.4 Å². The minimum absolute atomic E-state index is 0.877. The average Bonchev–Trinajstić information content (AvgIpc) is 2.66. The molecular weight excluding hydrogens is 300 g/mol. The number of hydrogen-bond donors (Lipinski definition) is 0. The number of methoxy groups -OCH3 is 1. The lowest BCUT2D eigenvalue weighted by atomic mass is 10.2. The lowest BCUT2D eigenvalue weighted by molar-refractivity contribution is 0.0729. The number of ether oxygens (including phenoxy) is 2. The van der Waals surface area contributed by atoms with Gasteiger partial charge in [-0.2, -0.15) is 0 Å². The van der Waals surface area contributed by atoms with Gasteiger partial charge in [-0.1, -0.05) is 41.0 Å². The van der Waals surface area contributed by atoms with Crippen LogP contribution < -0.4 is 0 Å². The van der Waals surface area contributed by atoms with Crippen LogP contribution in [0.2, 0.25) is 0 Å². The maximum atomic E-state index is 5.71. The van der Waals surface area contributed by atoms with Crippen LogP contribution in [-0.4, -0.2) is 76.0 Å². The first-order valence-corrected chi connectivity index (χ1v) is 10.4. The van der Waals surface area contributed by atoms with E-state index >= 15 is 0 Å². The van der Waals surface area contributed by atoms with E-state index in [9.17, 15) is 0 Å². The van der Waals surface area contributed by atoms with Crippen LogP contribution in [0.4, 0.5) is 0 Å². The maximum absolute atomic E-state index is 5.71. The molecule has 0 aromatic heterocycles. The fourth-order valence-corrected chi connectivity index (χ4v) is 2.54. The minimum Gasteiger partial charge on any atom is -0.385 e. The number of piperazine rings is 1. The first-order valence-electron chi connectivity index (χ1n) is 10.4. The zero-order chi connectivity index (χ0) is 18.5. The van der Waals surface area contributed by atoms with Crippen LogP contribution in [0.5, 0.6) is 0 Å². The van der Waals surface area contributed by atoms with E-state index in [1.807, 2.05) is 27.7 Å². The predicted octanol–water partition coefficient (Wildman–Crippen LogP) is 4.29. The molecule has 148 valence electrons. The molecule has 0 N–H and O–H groups in total. The highest BCUT2D eigenvalue weighted by Gasteiger charge is 2.15. The fraction of sp³-hybridized carbons (Fsp3) is 1.00. The summed E-state index contributed by atoms with van der Waals surface area (Å²) in [5, 5.41) is 0. The molecule has 0 spiro atoms. The molecule has 1 aliphatic heterocycles. The molecule has 0 saturated carbocycles. The van der Waals surface area contributed by atoms with Gasteiger partial charge in [0.15, 0.2) is 0 Å². The quantitative estimate of drug-likeness (QED) is 0.492. The van der Waals surface area contributed by atoms with E-state index in [-0.39, 0.29) is 0 Å². The van der Waals surface area contributed by atoms with Crippen LogP contribution in [0.3, 0.4) is 0 Å². The van der Waals surface area contributed by atoms with Gasteiger partial charge in [0.25, 0.3) is 0 Å². The first kappa shape index (κ1) is 26.1. The highest BCUT2D eigenvalue weighted by atomic mass is 16.5. The summed E-state index contributed by atoms with van der Waals surface area (Å²) in [7, 11) is 1.76. The summed E-state index contributed by atoms with van der Waals surface area (Å²) in [6.45, 7) is 20.2. The first-order chi connectivity index (χ1) is 11.9. The van der Waals surface area contributed by atoms with Crippen LogP contribution in [0.25, 0.3) is 0 Å². The molecule has 0 atom stereocenters. The van der Waals surface area contributed by atoms with Gasteiger partial charge in [-0.3, -0.25) is 4.90 Å². The Morgan fingerprint density at radius 3 is 1.75 bits per heavy atom. The molecule has 1 fully saturated rings. The van der Waals surface area contributed by atoms with Gasteiger partial charge in [-0.25, -0.2) is 0 Å². The third-order valence-electron chi connectivity index (χ3n) is 3.98. The van der Waals surface area contributed by atoms with E-state index in [2.05, 4.69) is 16.7 Å². The SMILES string of the molecule is CC.CC.CCCCN1CCN(CCOCCCCCOC)CC1. The number of rotatable bonds is 12. The molecular formula is C20H46N2O2. The molecule has 0 aromatic carbocycles. The third kappa shape index (κ3) is 16.7. The second kappa shape index (κ2) is 22.8. The Labute approximate surface area is 152 Å². The predicted molar refractivity (Wildman–Crippen MR) is 107 cm³/mol. The van der Waals surface area contributed by atoms with Crippen molar-refractivity contribution in [1.29, 1.82) is 0 Å². The molecule has 0 bridgehead atoms. The summed E-state index contributed by atoms with van der Waals surface area (Å²) in [5.41, 5.74) is 0. The van der Waals surface area contributed by atoms with Crippen LogP contribution >= 0.6 is 0 Å². The molecule has 1 rings (SSSR count). The molecule has 0 amide bonds. The molecule has 4 heteroatoms. The van der Waals surface area contributed by atoms with E-state index in [1.165, 1.54) is 52.0 Å². The Kier molecular flexibility index (Phi) is 24.8. The Hall–Kier alpha value is -0.160. The smallest absolute Gasteiger partial charge is 0.0593 e. The van der Waals surface area contributed by atoms with Crippen molar-refractivity contribution in [3.63, 3.8) is 0 Å². The summed E-state index contributed by atoms with van der Waals surface area (Å²) in [6, 6.07) is 0. The van der Waals surface area contributed by atoms with Crippen molar-refractivity contribution in [2.45, 2.75) is 66.7 Å². The van der Waals surface area contributed by atoms with Gasteiger partial charge in [0.05, 0.1) is 6.61 Å². The number of unbranched alkanes of at least 4 members (excludes halogenated alkanes) is 3. The molecule has 24 heavy (non-hydrogen) atoms. The molecule has 1 heterocycles. The van der Waals surface area contributed by atoms with E-state index in [0.717, 1.165) is 39.2 Å². The van der Waals surface area contributed by atoms with Crippen molar-refractivity contribution in [2.75, 3.05) is 66.2 Å². The second-order valence-corrected chi connectivity index (χ2v) is 5.70. The van der Waals surface area contributed by atoms with Crippen molar-refractivity contribution < 1.29 is 9.47 Å². The Morgan fingerprint density at radius 2 is 1.21 bits per heavy atom. The summed E-state index contributed by atoms with van der Waals surface area (Å²) in [6.07, 6.45) is 6.17. The number of nitrogens with zero attached hydrogens (tertiary/aromatic N) is 2. The zero-order valence-corrected chi connectivity index (χ0v) is 17.6. The van der Waals surface area contributed by atoms with Gasteiger partial charge in [0.1, 0.15) is 0 Å². The van der Waals surface area contributed by atoms with Crippen molar-refractivity contribution in [3.05, 3.63) is 0 Å². The zero-order valence-electron chi connectivity index (χ0n) is 17.6. The number of hydrogen-bond acceptors (Lipinski definition) is 4. The molecule has 0 aromatic rings. The van der Waals surface area contributed by atoms with Crippen LogP contribution in [-0.2, 0) is 9.47 Å². The summed E-state index contributed by atoms with van der Waals surface area (Å²) < 4.78 is 10.7. The lowest BCUT2D eigenvalue weighted by Crippen LogP contribution is -2.47. The highest BCUT2D eigenvalue weighted by molar-refractivity contribution is 4.71. The highest BCUT2D eigenvalue weighted by Crippen LogP contribution is 2.03. The summed E-state index contributed by atoms with van der Waals surface area (Å²) >= 11 is 0. The standard InChI is InChI=1S/C16H34N2O2.2C2H6/c1-3-4-8-17-9-11-18(12-10-17)13-16-20-15-7-5-6-14-19-2;2*1-2/h3-16H2,1-2H3;2*1-2H3. The normalized spacial score (nSPS) is 15.2. The minimum atomic E-state index is 0.877. The molecule has 1 aliphatic rings. The topological polar surface area (TPSA) is 24.9 Å². The van der Waals surface area contributed by atoms with E-state index in [0.29, 0.717) is 0 Å².